The molecule has 0 aliphatic carbocycles. The van der Waals surface area contributed by atoms with Crippen LogP contribution in [0.25, 0.3) is 0 Å². The summed E-state index contributed by atoms with van der Waals surface area (Å²) in [6, 6.07) is 4.09. The van der Waals surface area contributed by atoms with Crippen molar-refractivity contribution < 1.29 is 9.13 Å². The number of halogens is 2. The summed E-state index contributed by atoms with van der Waals surface area (Å²) in [7, 11) is 1.86. The van der Waals surface area contributed by atoms with Crippen molar-refractivity contribution in [2.75, 3.05) is 5.73 Å². The molecule has 0 aliphatic heterocycles. The average Bonchev–Trinajstić information content (AvgIpc) is 2.64. The summed E-state index contributed by atoms with van der Waals surface area (Å²) in [6.45, 7) is 2.36. The molecule has 0 atom stereocenters. The number of anilines is 1. The summed E-state index contributed by atoms with van der Waals surface area (Å²) < 4.78 is 21.3. The first-order chi connectivity index (χ1) is 9.02. The molecule has 0 saturated carbocycles. The number of nitrogens with two attached hydrogens (primary N) is 1. The van der Waals surface area contributed by atoms with E-state index >= 15 is 0 Å². The van der Waals surface area contributed by atoms with E-state index in [1.165, 1.54) is 18.2 Å². The minimum absolute atomic E-state index is 0.286. The zero-order valence-corrected chi connectivity index (χ0v) is 12.4. The third-order valence-corrected chi connectivity index (χ3v) is 3.75. The van der Waals surface area contributed by atoms with Crippen LogP contribution in [0.15, 0.2) is 22.7 Å². The fraction of sp³-hybridized carbons (Fsp3) is 0.308. The van der Waals surface area contributed by atoms with Gasteiger partial charge in [0, 0.05) is 13.1 Å². The molecule has 1 aromatic heterocycles. The number of benzene rings is 1. The molecule has 2 aromatic rings. The summed E-state index contributed by atoms with van der Waals surface area (Å²) in [6.07, 6.45) is 0.840. The van der Waals surface area contributed by atoms with Crippen molar-refractivity contribution in [1.82, 2.24) is 9.78 Å². The molecule has 6 heteroatoms. The molecular formula is C13H15BrFN3O. The van der Waals surface area contributed by atoms with Crippen LogP contribution in [0.5, 0.6) is 5.75 Å². The van der Waals surface area contributed by atoms with Crippen LogP contribution >= 0.6 is 15.9 Å². The molecule has 0 fully saturated rings. The van der Waals surface area contributed by atoms with Crippen molar-refractivity contribution in [3.05, 3.63) is 39.9 Å². The Labute approximate surface area is 119 Å². The quantitative estimate of drug-likeness (QED) is 0.878. The first-order valence-electron chi connectivity index (χ1n) is 5.91. The van der Waals surface area contributed by atoms with E-state index in [-0.39, 0.29) is 11.5 Å². The third-order valence-electron chi connectivity index (χ3n) is 2.84. The molecule has 0 amide bonds. The minimum Gasteiger partial charge on any atom is -0.485 e. The summed E-state index contributed by atoms with van der Waals surface area (Å²) in [4.78, 5) is 0. The molecule has 4 nitrogen and oxygen atoms in total. The number of ether oxygens (including phenoxy) is 1. The molecule has 19 heavy (non-hydrogen) atoms. The molecular weight excluding hydrogens is 313 g/mol. The van der Waals surface area contributed by atoms with Crippen LogP contribution in [0.3, 0.4) is 0 Å². The van der Waals surface area contributed by atoms with Crippen LogP contribution in [-0.2, 0) is 20.1 Å². The maximum atomic E-state index is 12.9. The number of aromatic nitrogens is 2. The van der Waals surface area contributed by atoms with Gasteiger partial charge in [0.25, 0.3) is 0 Å². The third kappa shape index (κ3) is 2.89. The first kappa shape index (κ1) is 13.9. The molecule has 0 spiro atoms. The first-order valence-corrected chi connectivity index (χ1v) is 6.70. The Balaban J connectivity index is 2.16. The number of aryl methyl sites for hydroxylation is 2. The van der Waals surface area contributed by atoms with E-state index in [9.17, 15) is 4.39 Å². The number of nitrogens with zero attached hydrogens (tertiary/aromatic N) is 2. The lowest BCUT2D eigenvalue weighted by molar-refractivity contribution is 0.295. The van der Waals surface area contributed by atoms with Crippen LogP contribution in [0.4, 0.5) is 10.1 Å². The summed E-state index contributed by atoms with van der Waals surface area (Å²) in [5.74, 6) is 0.0902. The molecule has 102 valence electrons. The van der Waals surface area contributed by atoms with Gasteiger partial charge in [-0.1, -0.05) is 6.92 Å². The van der Waals surface area contributed by atoms with Gasteiger partial charge in [0.1, 0.15) is 18.2 Å². The van der Waals surface area contributed by atoms with Crippen molar-refractivity contribution in [3.8, 4) is 5.75 Å². The zero-order chi connectivity index (χ0) is 14.0. The lowest BCUT2D eigenvalue weighted by Gasteiger charge is -2.09. The average molecular weight is 328 g/mol. The van der Waals surface area contributed by atoms with Gasteiger partial charge >= 0.3 is 0 Å². The second kappa shape index (κ2) is 5.61. The van der Waals surface area contributed by atoms with Gasteiger partial charge in [-0.25, -0.2) is 4.39 Å². The van der Waals surface area contributed by atoms with Crippen LogP contribution < -0.4 is 10.5 Å². The summed E-state index contributed by atoms with van der Waals surface area (Å²) in [5, 5.41) is 4.38. The molecule has 0 unspecified atom stereocenters. The van der Waals surface area contributed by atoms with Gasteiger partial charge in [-0.15, -0.1) is 0 Å². The van der Waals surface area contributed by atoms with Crippen molar-refractivity contribution in [3.63, 3.8) is 0 Å². The van der Waals surface area contributed by atoms with Gasteiger partial charge in [-0.2, -0.15) is 5.10 Å². The Hall–Kier alpha value is -1.56. The van der Waals surface area contributed by atoms with E-state index in [0.717, 1.165) is 22.3 Å². The van der Waals surface area contributed by atoms with Crippen molar-refractivity contribution in [2.24, 2.45) is 7.05 Å². The highest BCUT2D eigenvalue weighted by molar-refractivity contribution is 9.10. The number of hydrogen-bond donors (Lipinski definition) is 1. The lowest BCUT2D eigenvalue weighted by Crippen LogP contribution is -2.05. The predicted octanol–water partition coefficient (Wildman–Crippen LogP) is 3.05. The van der Waals surface area contributed by atoms with Gasteiger partial charge in [0.2, 0.25) is 0 Å². The van der Waals surface area contributed by atoms with Crippen LogP contribution in [0, 0.1) is 5.82 Å². The largest absolute Gasteiger partial charge is 0.485 e. The number of hydrogen-bond acceptors (Lipinski definition) is 3. The summed E-state index contributed by atoms with van der Waals surface area (Å²) in [5.41, 5.74) is 7.88. The highest BCUT2D eigenvalue weighted by Crippen LogP contribution is 2.26. The molecule has 0 radical (unpaired) electrons. The monoisotopic (exact) mass is 327 g/mol. The molecule has 0 bridgehead atoms. The predicted molar refractivity (Wildman–Crippen MR) is 75.4 cm³/mol. The summed E-state index contributed by atoms with van der Waals surface area (Å²) >= 11 is 3.51. The van der Waals surface area contributed by atoms with Crippen LogP contribution in [0.2, 0.25) is 0 Å². The normalized spacial score (nSPS) is 10.7. The van der Waals surface area contributed by atoms with Gasteiger partial charge in [0.15, 0.2) is 0 Å². The Morgan fingerprint density at radius 3 is 2.79 bits per heavy atom. The maximum Gasteiger partial charge on any atom is 0.142 e. The zero-order valence-electron chi connectivity index (χ0n) is 10.8. The van der Waals surface area contributed by atoms with Gasteiger partial charge < -0.3 is 10.5 Å². The lowest BCUT2D eigenvalue weighted by atomic mass is 10.3. The molecule has 2 rings (SSSR count). The second-order valence-electron chi connectivity index (χ2n) is 4.16. The smallest absolute Gasteiger partial charge is 0.142 e. The molecule has 2 N–H and O–H groups in total. The van der Waals surface area contributed by atoms with Crippen molar-refractivity contribution in [1.29, 1.82) is 0 Å². The Morgan fingerprint density at radius 2 is 2.21 bits per heavy atom. The SMILES string of the molecule is CCc1nn(C)c(COc2ccc(F)cc2N)c1Br. The van der Waals surface area contributed by atoms with E-state index in [1.807, 2.05) is 14.0 Å². The van der Waals surface area contributed by atoms with Crippen LogP contribution in [0.1, 0.15) is 18.3 Å². The maximum absolute atomic E-state index is 12.9. The fourth-order valence-corrected chi connectivity index (χ4v) is 2.50. The minimum atomic E-state index is -0.375. The van der Waals surface area contributed by atoms with Crippen molar-refractivity contribution >= 4 is 21.6 Å². The van der Waals surface area contributed by atoms with E-state index in [4.69, 9.17) is 10.5 Å². The van der Waals surface area contributed by atoms with E-state index in [1.54, 1.807) is 4.68 Å². The Bertz CT molecular complexity index is 598. The fourth-order valence-electron chi connectivity index (χ4n) is 1.77. The van der Waals surface area contributed by atoms with Crippen LogP contribution in [-0.4, -0.2) is 9.78 Å². The molecule has 0 saturated heterocycles. The molecule has 1 aromatic carbocycles. The topological polar surface area (TPSA) is 53.1 Å². The highest BCUT2D eigenvalue weighted by Gasteiger charge is 2.13. The number of nitrogen functional groups attached to an aromatic ring is 1. The van der Waals surface area contributed by atoms with Gasteiger partial charge in [-0.3, -0.25) is 4.68 Å². The van der Waals surface area contributed by atoms with E-state index in [2.05, 4.69) is 21.0 Å². The van der Waals surface area contributed by atoms with E-state index in [0.29, 0.717) is 12.4 Å². The standard InChI is InChI=1S/C13H15BrFN3O/c1-3-10-13(14)11(18(2)17-10)7-19-12-5-4-8(15)6-9(12)16/h4-6H,3,7,16H2,1-2H3. The molecule has 0 aliphatic rings. The second-order valence-corrected chi connectivity index (χ2v) is 4.95. The van der Waals surface area contributed by atoms with Gasteiger partial charge in [-0.05, 0) is 34.5 Å². The Morgan fingerprint density at radius 1 is 1.47 bits per heavy atom. The number of rotatable bonds is 4. The van der Waals surface area contributed by atoms with Crippen molar-refractivity contribution in [2.45, 2.75) is 20.0 Å². The molecule has 1 heterocycles. The highest BCUT2D eigenvalue weighted by atomic mass is 79.9. The Kier molecular flexibility index (Phi) is 4.09. The van der Waals surface area contributed by atoms with E-state index < -0.39 is 0 Å². The van der Waals surface area contributed by atoms with Gasteiger partial charge in [0.05, 0.1) is 21.5 Å².